The predicted molar refractivity (Wildman–Crippen MR) is 60.7 cm³/mol. The van der Waals surface area contributed by atoms with Gasteiger partial charge >= 0.3 is 0 Å². The molecule has 0 spiro atoms. The molecule has 1 unspecified atom stereocenters. The number of nitrogens with zero attached hydrogens (tertiary/aromatic N) is 3. The van der Waals surface area contributed by atoms with Crippen LogP contribution < -0.4 is 0 Å². The number of hydrogen-bond acceptors (Lipinski definition) is 4. The molecule has 1 N–H and O–H groups in total. The quantitative estimate of drug-likeness (QED) is 0.824. The van der Waals surface area contributed by atoms with Gasteiger partial charge < -0.3 is 5.11 Å². The Kier molecular flexibility index (Phi) is 2.52. The highest BCUT2D eigenvalue weighted by Crippen LogP contribution is 2.41. The molecule has 98 valence electrons. The Morgan fingerprint density at radius 1 is 1.39 bits per heavy atom. The van der Waals surface area contributed by atoms with Crippen molar-refractivity contribution in [3.8, 4) is 0 Å². The van der Waals surface area contributed by atoms with E-state index in [-0.39, 0.29) is 12.2 Å². The number of β-amino-alcohol motifs (C(OH)–C–C–N with tert-alkyl or cyclic N) is 1. The monoisotopic (exact) mass is 255 g/mol. The van der Waals surface area contributed by atoms with E-state index in [0.717, 1.165) is 6.42 Å². The summed E-state index contributed by atoms with van der Waals surface area (Å²) in [6.45, 7) is 1.76. The topological polar surface area (TPSA) is 48.2 Å². The third-order valence-corrected chi connectivity index (χ3v) is 3.91. The third-order valence-electron chi connectivity index (χ3n) is 3.91. The summed E-state index contributed by atoms with van der Waals surface area (Å²) >= 11 is 0. The van der Waals surface area contributed by atoms with Crippen LogP contribution in [0, 0.1) is 0 Å². The minimum absolute atomic E-state index is 0.165. The highest BCUT2D eigenvalue weighted by molar-refractivity contribution is 5.37. The second-order valence-electron chi connectivity index (χ2n) is 5.35. The van der Waals surface area contributed by atoms with E-state index >= 15 is 0 Å². The first-order chi connectivity index (χ1) is 8.50. The molecule has 1 heterocycles. The fourth-order valence-corrected chi connectivity index (χ4v) is 2.61. The summed E-state index contributed by atoms with van der Waals surface area (Å²) in [5.74, 6) is -1.68. The van der Waals surface area contributed by atoms with E-state index in [0.29, 0.717) is 24.8 Å². The largest absolute Gasteiger partial charge is 0.388 e. The number of halogens is 2. The van der Waals surface area contributed by atoms with E-state index in [1.165, 1.54) is 5.01 Å². The average Bonchev–Trinajstić information content (AvgIpc) is 2.67. The lowest BCUT2D eigenvalue weighted by Gasteiger charge is -2.39. The van der Waals surface area contributed by atoms with Crippen molar-refractivity contribution in [2.24, 2.45) is 10.3 Å². The second kappa shape index (κ2) is 3.85. The molecule has 0 aromatic carbocycles. The molecule has 0 bridgehead atoms. The van der Waals surface area contributed by atoms with Gasteiger partial charge in [-0.1, -0.05) is 5.22 Å². The van der Waals surface area contributed by atoms with Crippen LogP contribution in [0.5, 0.6) is 0 Å². The maximum absolute atomic E-state index is 13.9. The van der Waals surface area contributed by atoms with Crippen LogP contribution in [-0.2, 0) is 0 Å². The number of rotatable bonds is 2. The molecular formula is C12H15F2N3O. The van der Waals surface area contributed by atoms with Crippen LogP contribution in [0.2, 0.25) is 0 Å². The predicted octanol–water partition coefficient (Wildman–Crippen LogP) is 2.78. The summed E-state index contributed by atoms with van der Waals surface area (Å²) in [6.07, 6.45) is 2.67. The molecule has 0 radical (unpaired) electrons. The molecule has 1 fully saturated rings. The van der Waals surface area contributed by atoms with Crippen LogP contribution in [0.15, 0.2) is 33.3 Å². The smallest absolute Gasteiger partial charge is 0.182 e. The van der Waals surface area contributed by atoms with Crippen molar-refractivity contribution in [1.29, 1.82) is 0 Å². The van der Waals surface area contributed by atoms with Gasteiger partial charge in [0.25, 0.3) is 0 Å². The highest BCUT2D eigenvalue weighted by atomic mass is 19.2. The molecule has 1 atom stereocenters. The maximum atomic E-state index is 13.9. The van der Waals surface area contributed by atoms with Crippen LogP contribution in [0.1, 0.15) is 32.6 Å². The van der Waals surface area contributed by atoms with Crippen molar-refractivity contribution in [1.82, 2.24) is 5.01 Å². The molecule has 2 aliphatic carbocycles. The first kappa shape index (κ1) is 11.8. The van der Waals surface area contributed by atoms with Crippen molar-refractivity contribution in [2.45, 2.75) is 44.2 Å². The van der Waals surface area contributed by atoms with Crippen molar-refractivity contribution in [2.75, 3.05) is 6.54 Å². The lowest BCUT2D eigenvalue weighted by atomic mass is 9.80. The van der Waals surface area contributed by atoms with Gasteiger partial charge in [-0.3, -0.25) is 0 Å². The Labute approximate surface area is 104 Å². The first-order valence-corrected chi connectivity index (χ1v) is 6.16. The highest BCUT2D eigenvalue weighted by Gasteiger charge is 2.42. The van der Waals surface area contributed by atoms with Gasteiger partial charge in [0.2, 0.25) is 0 Å². The SMILES string of the molecule is CC1=C(F)C(F)=C2C(C1)N=NN2CC1(O)CCC1. The molecule has 1 aliphatic heterocycles. The molecule has 0 aromatic rings. The van der Waals surface area contributed by atoms with Gasteiger partial charge in [0.1, 0.15) is 11.7 Å². The summed E-state index contributed by atoms with van der Waals surface area (Å²) in [5, 5.41) is 19.2. The number of allylic oxidation sites excluding steroid dienone is 2. The maximum Gasteiger partial charge on any atom is 0.182 e. The summed E-state index contributed by atoms with van der Waals surface area (Å²) in [6, 6.07) is -0.437. The van der Waals surface area contributed by atoms with Crippen LogP contribution in [-0.4, -0.2) is 28.3 Å². The Morgan fingerprint density at radius 2 is 2.11 bits per heavy atom. The number of hydrogen-bond donors (Lipinski definition) is 1. The summed E-state index contributed by atoms with van der Waals surface area (Å²) < 4.78 is 27.5. The average molecular weight is 255 g/mol. The fourth-order valence-electron chi connectivity index (χ4n) is 2.61. The van der Waals surface area contributed by atoms with E-state index < -0.39 is 23.3 Å². The van der Waals surface area contributed by atoms with Crippen LogP contribution in [0.25, 0.3) is 0 Å². The van der Waals surface area contributed by atoms with Crippen molar-refractivity contribution in [3.05, 3.63) is 22.9 Å². The summed E-state index contributed by atoms with van der Waals surface area (Å²) in [7, 11) is 0. The molecule has 4 nitrogen and oxygen atoms in total. The molecule has 3 rings (SSSR count). The second-order valence-corrected chi connectivity index (χ2v) is 5.35. The van der Waals surface area contributed by atoms with Crippen molar-refractivity contribution >= 4 is 0 Å². The van der Waals surface area contributed by atoms with Gasteiger partial charge in [0.15, 0.2) is 11.7 Å². The van der Waals surface area contributed by atoms with Gasteiger partial charge in [-0.15, -0.1) is 0 Å². The van der Waals surface area contributed by atoms with Gasteiger partial charge in [-0.25, -0.2) is 13.8 Å². The van der Waals surface area contributed by atoms with E-state index in [2.05, 4.69) is 10.3 Å². The van der Waals surface area contributed by atoms with Gasteiger partial charge in [-0.2, -0.15) is 5.11 Å². The fraction of sp³-hybridized carbons (Fsp3) is 0.667. The minimum atomic E-state index is -0.878. The summed E-state index contributed by atoms with van der Waals surface area (Å²) in [5.41, 5.74) is -0.295. The van der Waals surface area contributed by atoms with Crippen molar-refractivity contribution in [3.63, 3.8) is 0 Å². The van der Waals surface area contributed by atoms with Crippen LogP contribution >= 0.6 is 0 Å². The molecule has 0 saturated heterocycles. The minimum Gasteiger partial charge on any atom is -0.388 e. The summed E-state index contributed by atoms with van der Waals surface area (Å²) in [4.78, 5) is 0. The number of aliphatic hydroxyl groups is 1. The third kappa shape index (κ3) is 1.67. The van der Waals surface area contributed by atoms with Gasteiger partial charge in [-0.05, 0) is 31.8 Å². The molecule has 18 heavy (non-hydrogen) atoms. The Hall–Kier alpha value is -1.30. The zero-order valence-corrected chi connectivity index (χ0v) is 10.2. The molecule has 6 heteroatoms. The van der Waals surface area contributed by atoms with Gasteiger partial charge in [0, 0.05) is 6.42 Å². The lowest BCUT2D eigenvalue weighted by Crippen LogP contribution is -2.46. The van der Waals surface area contributed by atoms with Gasteiger partial charge in [0.05, 0.1) is 12.1 Å². The zero-order valence-electron chi connectivity index (χ0n) is 10.2. The molecule has 0 amide bonds. The molecule has 0 aromatic heterocycles. The van der Waals surface area contributed by atoms with E-state index in [4.69, 9.17) is 0 Å². The van der Waals surface area contributed by atoms with Crippen LogP contribution in [0.4, 0.5) is 8.78 Å². The molecule has 3 aliphatic rings. The lowest BCUT2D eigenvalue weighted by molar-refractivity contribution is -0.0526. The normalized spacial score (nSPS) is 29.8. The zero-order chi connectivity index (χ0) is 12.9. The Balaban J connectivity index is 1.87. The standard InChI is InChI=1S/C12H15F2N3O/c1-7-5-8-11(10(14)9(7)13)17(16-15-8)6-12(18)3-2-4-12/h8,18H,2-6H2,1H3. The van der Waals surface area contributed by atoms with Crippen LogP contribution in [0.3, 0.4) is 0 Å². The number of fused-ring (bicyclic) bond motifs is 1. The molecular weight excluding hydrogens is 240 g/mol. The molecule has 1 saturated carbocycles. The Morgan fingerprint density at radius 3 is 2.72 bits per heavy atom. The van der Waals surface area contributed by atoms with E-state index in [1.807, 2.05) is 0 Å². The van der Waals surface area contributed by atoms with E-state index in [9.17, 15) is 13.9 Å². The van der Waals surface area contributed by atoms with Crippen molar-refractivity contribution < 1.29 is 13.9 Å². The first-order valence-electron chi connectivity index (χ1n) is 6.16. The van der Waals surface area contributed by atoms with E-state index in [1.54, 1.807) is 6.92 Å². The Bertz CT molecular complexity index is 480.